The number of rotatable bonds is 11. The number of halogens is 2. The van der Waals surface area contributed by atoms with Gasteiger partial charge in [-0.3, -0.25) is 10.1 Å². The Hall–Kier alpha value is -2.85. The maximum Gasteiger partial charge on any atom is 0.263 e. The molecule has 4 heterocycles. The lowest BCUT2D eigenvalue weighted by atomic mass is 9.88. The summed E-state index contributed by atoms with van der Waals surface area (Å²) in [4.78, 5) is 24.5. The number of anilines is 1. The molecule has 3 N–H and O–H groups in total. The van der Waals surface area contributed by atoms with Crippen molar-refractivity contribution in [1.82, 2.24) is 25.2 Å². The van der Waals surface area contributed by atoms with E-state index in [1.807, 2.05) is 22.9 Å². The van der Waals surface area contributed by atoms with Crippen molar-refractivity contribution in [3.63, 3.8) is 0 Å². The normalized spacial score (nSPS) is 21.4. The summed E-state index contributed by atoms with van der Waals surface area (Å²) in [5.74, 6) is 1.47. The predicted molar refractivity (Wildman–Crippen MR) is 160 cm³/mol. The van der Waals surface area contributed by atoms with Crippen molar-refractivity contribution in [2.75, 3.05) is 18.0 Å². The van der Waals surface area contributed by atoms with Crippen LogP contribution in [0.2, 0.25) is 10.0 Å². The third-order valence-electron chi connectivity index (χ3n) is 8.07. The Bertz CT molecular complexity index is 1300. The van der Waals surface area contributed by atoms with Crippen molar-refractivity contribution in [2.45, 2.75) is 76.4 Å². The number of imidazole rings is 1. The number of aliphatic hydroxyl groups excluding tert-OH is 1. The number of carbonyl (C=O) groups excluding carboxylic acids is 1. The Labute approximate surface area is 251 Å². The zero-order chi connectivity index (χ0) is 29.0. The van der Waals surface area contributed by atoms with Crippen LogP contribution in [0.25, 0.3) is 0 Å². The molecule has 0 spiro atoms. The van der Waals surface area contributed by atoms with Gasteiger partial charge in [0, 0.05) is 54.3 Å². The summed E-state index contributed by atoms with van der Waals surface area (Å²) in [6, 6.07) is 9.25. The number of aryl methyl sites for hydroxylation is 1. The van der Waals surface area contributed by atoms with Gasteiger partial charge in [-0.15, -0.1) is 0 Å². The van der Waals surface area contributed by atoms with E-state index in [1.54, 1.807) is 50.8 Å². The number of fused-ring (bicyclic) bond motifs is 4. The number of amides is 1. The minimum atomic E-state index is -1.10. The van der Waals surface area contributed by atoms with Gasteiger partial charge in [-0.05, 0) is 82.3 Å². The van der Waals surface area contributed by atoms with Crippen LogP contribution in [0.15, 0.2) is 55.2 Å². The average molecular weight is 602 g/mol. The van der Waals surface area contributed by atoms with E-state index < -0.39 is 11.8 Å². The molecule has 11 heteroatoms. The van der Waals surface area contributed by atoms with Crippen molar-refractivity contribution in [3.05, 3.63) is 70.9 Å². The quantitative estimate of drug-likeness (QED) is 0.211. The van der Waals surface area contributed by atoms with Gasteiger partial charge in [-0.2, -0.15) is 0 Å². The SMILES string of the molecule is CC(C)(Oc1ccc(Cl)cc1Cl)C(=O)NC1CC2CCCC1CN2c1ccc(C(O)NCCCn2ccnc2)cn1. The summed E-state index contributed by atoms with van der Waals surface area (Å²) in [7, 11) is 0. The van der Waals surface area contributed by atoms with Gasteiger partial charge in [-0.1, -0.05) is 29.6 Å². The lowest BCUT2D eigenvalue weighted by Gasteiger charge is -2.43. The van der Waals surface area contributed by atoms with Crippen LogP contribution in [-0.4, -0.2) is 56.3 Å². The van der Waals surface area contributed by atoms with Gasteiger partial charge in [-0.25, -0.2) is 9.97 Å². The summed E-state index contributed by atoms with van der Waals surface area (Å²) in [5, 5.41) is 17.9. The van der Waals surface area contributed by atoms with E-state index in [1.165, 1.54) is 0 Å². The molecule has 2 aromatic heterocycles. The topological polar surface area (TPSA) is 105 Å². The summed E-state index contributed by atoms with van der Waals surface area (Å²) in [6.45, 7) is 5.85. The standard InChI is InChI=1S/C30H38Cl2N6O3/c1-30(2,41-26-9-8-22(31)15-24(26)32)29(40)36-25-16-23-6-3-5-21(25)18-38(23)27-10-7-20(17-35-27)28(39)34-11-4-13-37-14-12-33-19-37/h7-10,12,14-15,17,19,21,23,25,28,34,39H,3-6,11,13,16,18H2,1-2H3,(H,36,40). The number of hydrogen-bond donors (Lipinski definition) is 3. The van der Waals surface area contributed by atoms with E-state index in [2.05, 4.69) is 20.5 Å². The fourth-order valence-electron chi connectivity index (χ4n) is 5.77. The van der Waals surface area contributed by atoms with Crippen LogP contribution in [0, 0.1) is 5.92 Å². The monoisotopic (exact) mass is 600 g/mol. The highest BCUT2D eigenvalue weighted by atomic mass is 35.5. The Balaban J connectivity index is 1.15. The lowest BCUT2D eigenvalue weighted by Crippen LogP contribution is -2.57. The average Bonchev–Trinajstić information content (AvgIpc) is 3.29. The van der Waals surface area contributed by atoms with E-state index in [9.17, 15) is 9.90 Å². The number of pyridine rings is 1. The highest BCUT2D eigenvalue weighted by molar-refractivity contribution is 6.35. The molecule has 2 aliphatic heterocycles. The highest BCUT2D eigenvalue weighted by Crippen LogP contribution is 2.37. The molecule has 6 rings (SSSR count). The van der Waals surface area contributed by atoms with Gasteiger partial charge in [0.25, 0.3) is 5.91 Å². The van der Waals surface area contributed by atoms with Gasteiger partial charge in [0.15, 0.2) is 5.60 Å². The molecule has 3 fully saturated rings. The van der Waals surface area contributed by atoms with Crippen LogP contribution in [0.5, 0.6) is 5.75 Å². The predicted octanol–water partition coefficient (Wildman–Crippen LogP) is 4.98. The number of nitrogens with one attached hydrogen (secondary N) is 2. The van der Waals surface area contributed by atoms with Gasteiger partial charge >= 0.3 is 0 Å². The number of ether oxygens (including phenoxy) is 1. The molecule has 2 saturated heterocycles. The van der Waals surface area contributed by atoms with Crippen LogP contribution in [0.1, 0.15) is 57.7 Å². The second kappa shape index (κ2) is 13.0. The van der Waals surface area contributed by atoms with Crippen molar-refractivity contribution in [1.29, 1.82) is 0 Å². The summed E-state index contributed by atoms with van der Waals surface area (Å²) in [6.07, 6.45) is 11.4. The van der Waals surface area contributed by atoms with Gasteiger partial charge < -0.3 is 24.6 Å². The molecule has 41 heavy (non-hydrogen) atoms. The maximum absolute atomic E-state index is 13.3. The van der Waals surface area contributed by atoms with Crippen molar-refractivity contribution in [3.8, 4) is 5.75 Å². The van der Waals surface area contributed by atoms with Gasteiger partial charge in [0.1, 0.15) is 17.8 Å². The van der Waals surface area contributed by atoms with Crippen LogP contribution in [0.4, 0.5) is 5.82 Å². The summed E-state index contributed by atoms with van der Waals surface area (Å²) >= 11 is 12.3. The molecule has 2 bridgehead atoms. The second-order valence-corrected chi connectivity index (χ2v) is 12.3. The number of carbonyl (C=O) groups is 1. The first-order valence-corrected chi connectivity index (χ1v) is 15.0. The van der Waals surface area contributed by atoms with Crippen molar-refractivity contribution in [2.24, 2.45) is 5.92 Å². The zero-order valence-electron chi connectivity index (χ0n) is 23.5. The molecule has 0 radical (unpaired) electrons. The lowest BCUT2D eigenvalue weighted by molar-refractivity contribution is -0.135. The van der Waals surface area contributed by atoms with E-state index in [-0.39, 0.29) is 18.0 Å². The molecular weight excluding hydrogens is 563 g/mol. The van der Waals surface area contributed by atoms with Gasteiger partial charge in [0.2, 0.25) is 0 Å². The van der Waals surface area contributed by atoms with E-state index in [4.69, 9.17) is 32.9 Å². The summed E-state index contributed by atoms with van der Waals surface area (Å²) < 4.78 is 8.03. The molecule has 3 aromatic rings. The zero-order valence-corrected chi connectivity index (χ0v) is 25.0. The van der Waals surface area contributed by atoms with E-state index >= 15 is 0 Å². The molecule has 220 valence electrons. The minimum Gasteiger partial charge on any atom is -0.476 e. The first-order valence-electron chi connectivity index (χ1n) is 14.2. The van der Waals surface area contributed by atoms with Crippen LogP contribution in [0.3, 0.4) is 0 Å². The molecular formula is C30H38Cl2N6O3. The van der Waals surface area contributed by atoms with E-state index in [0.29, 0.717) is 28.3 Å². The number of hydrogen-bond acceptors (Lipinski definition) is 7. The fraction of sp³-hybridized carbons (Fsp3) is 0.500. The molecule has 1 aliphatic carbocycles. The van der Waals surface area contributed by atoms with Crippen LogP contribution in [-0.2, 0) is 11.3 Å². The largest absolute Gasteiger partial charge is 0.476 e. The highest BCUT2D eigenvalue weighted by Gasteiger charge is 2.41. The maximum atomic E-state index is 13.3. The molecule has 1 aromatic carbocycles. The Kier molecular flexibility index (Phi) is 9.38. The summed E-state index contributed by atoms with van der Waals surface area (Å²) in [5.41, 5.74) is -0.362. The fourth-order valence-corrected chi connectivity index (χ4v) is 6.22. The number of aromatic nitrogens is 3. The third kappa shape index (κ3) is 7.33. The molecule has 1 amide bonds. The number of benzene rings is 1. The molecule has 4 atom stereocenters. The third-order valence-corrected chi connectivity index (χ3v) is 8.60. The first kappa shape index (κ1) is 29.6. The first-order chi connectivity index (χ1) is 19.7. The molecule has 4 unspecified atom stereocenters. The van der Waals surface area contributed by atoms with Crippen LogP contribution >= 0.6 is 23.2 Å². The molecule has 9 nitrogen and oxygen atoms in total. The van der Waals surface area contributed by atoms with Crippen LogP contribution < -0.4 is 20.3 Å². The van der Waals surface area contributed by atoms with Crippen molar-refractivity contribution < 1.29 is 14.6 Å². The molecule has 1 saturated carbocycles. The Morgan fingerprint density at radius 2 is 2.10 bits per heavy atom. The Morgan fingerprint density at radius 1 is 1.24 bits per heavy atom. The number of piperidine rings is 1. The van der Waals surface area contributed by atoms with Crippen molar-refractivity contribution >= 4 is 34.9 Å². The van der Waals surface area contributed by atoms with E-state index in [0.717, 1.165) is 56.6 Å². The minimum absolute atomic E-state index is 0.0578. The number of nitrogens with zero attached hydrogens (tertiary/aromatic N) is 4. The van der Waals surface area contributed by atoms with Gasteiger partial charge in [0.05, 0.1) is 11.3 Å². The smallest absolute Gasteiger partial charge is 0.263 e. The second-order valence-electron chi connectivity index (χ2n) is 11.5. The molecule has 3 aliphatic rings. The number of aliphatic hydroxyl groups is 1. The Morgan fingerprint density at radius 3 is 2.83 bits per heavy atom.